The van der Waals surface area contributed by atoms with Crippen molar-refractivity contribution in [1.82, 2.24) is 16.1 Å². The Morgan fingerprint density at radius 2 is 1.62 bits per heavy atom. The number of hydrogen-bond donors (Lipinski definition) is 4. The average molecular weight is 576 g/mol. The molecule has 4 N–H and O–H groups in total. The van der Waals surface area contributed by atoms with Crippen molar-refractivity contribution in [3.8, 4) is 0 Å². The largest absolute Gasteiger partial charge is 0.481 e. The Morgan fingerprint density at radius 1 is 0.976 bits per heavy atom. The van der Waals surface area contributed by atoms with Crippen molar-refractivity contribution in [1.29, 1.82) is 0 Å². The van der Waals surface area contributed by atoms with Crippen LogP contribution >= 0.6 is 0 Å². The Labute approximate surface area is 248 Å². The number of benzene rings is 2. The van der Waals surface area contributed by atoms with Crippen LogP contribution in [0.25, 0.3) is 0 Å². The van der Waals surface area contributed by atoms with Gasteiger partial charge in [0.2, 0.25) is 5.91 Å². The van der Waals surface area contributed by atoms with Gasteiger partial charge in [0, 0.05) is 17.5 Å². The zero-order valence-electron chi connectivity index (χ0n) is 25.1. The summed E-state index contributed by atoms with van der Waals surface area (Å²) in [6.45, 7) is 11.0. The van der Waals surface area contributed by atoms with E-state index in [1.807, 2.05) is 30.3 Å². The summed E-state index contributed by atoms with van der Waals surface area (Å²) in [6, 6.07) is 14.5. The summed E-state index contributed by atoms with van der Waals surface area (Å²) < 4.78 is 13.3. The molecule has 10 heteroatoms. The third-order valence-corrected chi connectivity index (χ3v) is 9.63. The highest BCUT2D eigenvalue weighted by Gasteiger charge is 2.67. The molecule has 4 aliphatic rings. The normalized spacial score (nSPS) is 26.9. The second-order valence-electron chi connectivity index (χ2n) is 13.4. The molecule has 224 valence electrons. The molecular weight excluding hydrogens is 533 g/mol. The Kier molecular flexibility index (Phi) is 8.52. The fourth-order valence-corrected chi connectivity index (χ4v) is 7.08. The van der Waals surface area contributed by atoms with Crippen LogP contribution in [0.1, 0.15) is 80.2 Å². The van der Waals surface area contributed by atoms with Crippen LogP contribution in [0.2, 0.25) is 0 Å². The van der Waals surface area contributed by atoms with Crippen LogP contribution in [0, 0.1) is 23.2 Å². The van der Waals surface area contributed by atoms with Gasteiger partial charge in [0.15, 0.2) is 0 Å². The van der Waals surface area contributed by atoms with Gasteiger partial charge in [-0.05, 0) is 79.2 Å². The van der Waals surface area contributed by atoms with Gasteiger partial charge in [0.05, 0.1) is 17.6 Å². The molecule has 3 amide bonds. The Morgan fingerprint density at radius 3 is 2.21 bits per heavy atom. The second-order valence-corrected chi connectivity index (χ2v) is 13.4. The van der Waals surface area contributed by atoms with Gasteiger partial charge in [-0.3, -0.25) is 19.6 Å². The van der Waals surface area contributed by atoms with Gasteiger partial charge in [-0.25, -0.2) is 5.48 Å². The smallest absolute Gasteiger partial charge is 0.404 e. The summed E-state index contributed by atoms with van der Waals surface area (Å²) in [5.41, 5.74) is 2.83. The molecule has 2 bridgehead atoms. The number of rotatable bonds is 10. The SMILES string of the molecule is CC(C)C[C@H](NC(=O)[C@H](Cc1ccccc1)NC(=O)c1ccc(C(=O)NO)cc1)B1O[C@@H]2[C@@H]3C[C@H](C[C@]2(C)O1)C3(C)C. The molecular formula is C32H42BN3O6. The van der Waals surface area contributed by atoms with Crippen molar-refractivity contribution in [3.63, 3.8) is 0 Å². The lowest BCUT2D eigenvalue weighted by molar-refractivity contribution is -0.185. The van der Waals surface area contributed by atoms with E-state index in [1.54, 1.807) is 5.48 Å². The number of carbonyl (C=O) groups excluding carboxylic acids is 3. The maximum Gasteiger partial charge on any atom is 0.481 e. The lowest BCUT2D eigenvalue weighted by Gasteiger charge is -2.63. The van der Waals surface area contributed by atoms with Crippen molar-refractivity contribution >= 4 is 24.8 Å². The molecule has 42 heavy (non-hydrogen) atoms. The highest BCUT2D eigenvalue weighted by molar-refractivity contribution is 6.48. The van der Waals surface area contributed by atoms with Crippen LogP contribution < -0.4 is 16.1 Å². The van der Waals surface area contributed by atoms with E-state index < -0.39 is 25.0 Å². The standard InChI is InChI=1S/C32H42BN3O6/c1-19(2)15-26(33-41-27-24-17-23(31(24,3)4)18-32(27,5)42-33)35-30(39)25(16-20-9-7-6-8-10-20)34-28(37)21-11-13-22(14-12-21)29(38)36-40/h6-14,19,23-27,40H,15-18H2,1-5H3,(H,34,37)(H,35,39)(H,36,38)/t23-,24+,25+,26+,27-,32+/m1/s1. The number of hydroxylamine groups is 1. The lowest BCUT2D eigenvalue weighted by Crippen LogP contribution is -2.63. The minimum atomic E-state index is -0.860. The van der Waals surface area contributed by atoms with E-state index >= 15 is 0 Å². The second kappa shape index (κ2) is 11.8. The summed E-state index contributed by atoms with van der Waals surface area (Å²) in [4.78, 5) is 38.8. The summed E-state index contributed by atoms with van der Waals surface area (Å²) in [5.74, 6) is -0.498. The highest BCUT2D eigenvalue weighted by Crippen LogP contribution is 2.64. The van der Waals surface area contributed by atoms with E-state index in [4.69, 9.17) is 14.5 Å². The van der Waals surface area contributed by atoms with E-state index in [0.717, 1.165) is 18.4 Å². The monoisotopic (exact) mass is 575 g/mol. The first-order valence-electron chi connectivity index (χ1n) is 14.9. The molecule has 3 aliphatic carbocycles. The zero-order valence-corrected chi connectivity index (χ0v) is 25.1. The van der Waals surface area contributed by atoms with Gasteiger partial charge < -0.3 is 19.9 Å². The van der Waals surface area contributed by atoms with Crippen LogP contribution in [0.15, 0.2) is 54.6 Å². The van der Waals surface area contributed by atoms with Crippen molar-refractivity contribution in [2.75, 3.05) is 0 Å². The van der Waals surface area contributed by atoms with Crippen LogP contribution in [0.5, 0.6) is 0 Å². The molecule has 6 atom stereocenters. The Hall–Kier alpha value is -3.21. The maximum atomic E-state index is 13.9. The molecule has 0 aromatic heterocycles. The van der Waals surface area contributed by atoms with Crippen molar-refractivity contribution in [3.05, 3.63) is 71.3 Å². The molecule has 3 saturated carbocycles. The van der Waals surface area contributed by atoms with E-state index in [-0.39, 0.29) is 46.0 Å². The topological polar surface area (TPSA) is 126 Å². The van der Waals surface area contributed by atoms with Crippen molar-refractivity contribution in [2.45, 2.75) is 84.0 Å². The summed E-state index contributed by atoms with van der Waals surface area (Å²) >= 11 is 0. The maximum absolute atomic E-state index is 13.9. The van der Waals surface area contributed by atoms with Gasteiger partial charge in [0.25, 0.3) is 11.8 Å². The van der Waals surface area contributed by atoms with Crippen LogP contribution in [0.3, 0.4) is 0 Å². The molecule has 0 radical (unpaired) electrons. The summed E-state index contributed by atoms with van der Waals surface area (Å²) in [6.07, 6.45) is 3.05. The Balaban J connectivity index is 1.33. The van der Waals surface area contributed by atoms with Crippen LogP contribution in [-0.4, -0.2) is 53.7 Å². The van der Waals surface area contributed by atoms with Gasteiger partial charge in [-0.15, -0.1) is 0 Å². The molecule has 9 nitrogen and oxygen atoms in total. The van der Waals surface area contributed by atoms with E-state index in [1.165, 1.54) is 24.3 Å². The summed E-state index contributed by atoms with van der Waals surface area (Å²) in [5, 5.41) is 14.9. The van der Waals surface area contributed by atoms with Gasteiger partial charge in [0.1, 0.15) is 6.04 Å². The number of hydrogen-bond acceptors (Lipinski definition) is 6. The predicted octanol–water partition coefficient (Wildman–Crippen LogP) is 3.95. The summed E-state index contributed by atoms with van der Waals surface area (Å²) in [7, 11) is -0.570. The number of nitrogens with one attached hydrogen (secondary N) is 3. The molecule has 2 aromatic carbocycles. The molecule has 1 saturated heterocycles. The fraction of sp³-hybridized carbons (Fsp3) is 0.531. The molecule has 1 heterocycles. The predicted molar refractivity (Wildman–Crippen MR) is 159 cm³/mol. The molecule has 0 unspecified atom stereocenters. The van der Waals surface area contributed by atoms with Gasteiger partial charge >= 0.3 is 7.12 Å². The number of carbonyl (C=O) groups is 3. The van der Waals surface area contributed by atoms with E-state index in [9.17, 15) is 14.4 Å². The first-order chi connectivity index (χ1) is 19.9. The third-order valence-electron chi connectivity index (χ3n) is 9.63. The first-order valence-corrected chi connectivity index (χ1v) is 14.9. The zero-order chi connectivity index (χ0) is 30.2. The minimum absolute atomic E-state index is 0.00947. The lowest BCUT2D eigenvalue weighted by atomic mass is 9.45. The quantitative estimate of drug-likeness (QED) is 0.193. The highest BCUT2D eigenvalue weighted by atomic mass is 16.7. The number of amides is 3. The average Bonchev–Trinajstić information content (AvgIpc) is 3.33. The van der Waals surface area contributed by atoms with E-state index in [2.05, 4.69) is 45.3 Å². The van der Waals surface area contributed by atoms with Crippen LogP contribution in [0.4, 0.5) is 0 Å². The van der Waals surface area contributed by atoms with Gasteiger partial charge in [-0.1, -0.05) is 58.0 Å². The van der Waals surface area contributed by atoms with Crippen molar-refractivity contribution in [2.24, 2.45) is 23.2 Å². The third kappa shape index (κ3) is 5.98. The molecule has 0 spiro atoms. The minimum Gasteiger partial charge on any atom is -0.404 e. The molecule has 1 aliphatic heterocycles. The molecule has 4 fully saturated rings. The molecule has 6 rings (SSSR count). The fourth-order valence-electron chi connectivity index (χ4n) is 7.08. The van der Waals surface area contributed by atoms with Crippen molar-refractivity contribution < 1.29 is 28.9 Å². The molecule has 2 aromatic rings. The van der Waals surface area contributed by atoms with Gasteiger partial charge in [-0.2, -0.15) is 0 Å². The Bertz CT molecular complexity index is 1300. The van der Waals surface area contributed by atoms with Crippen LogP contribution in [-0.2, 0) is 20.5 Å². The first kappa shape index (κ1) is 30.3. The van der Waals surface area contributed by atoms with E-state index in [0.29, 0.717) is 24.7 Å².